The standard InChI is InChI=1S/C14H19NO3/c15-12-6-1-2-7-13(12)18-10-14(16)17-9-8-11-4-3-5-11/h1-2,6-7,11H,3-5,8-10,15H2. The van der Waals surface area contributed by atoms with Gasteiger partial charge in [0.2, 0.25) is 0 Å². The van der Waals surface area contributed by atoms with Crippen molar-refractivity contribution < 1.29 is 14.3 Å². The van der Waals surface area contributed by atoms with Crippen LogP contribution in [0.15, 0.2) is 24.3 Å². The number of carbonyl (C=O) groups is 1. The third-order valence-electron chi connectivity index (χ3n) is 3.28. The molecule has 0 saturated heterocycles. The molecule has 0 aromatic heterocycles. The Morgan fingerprint density at radius 1 is 1.33 bits per heavy atom. The van der Waals surface area contributed by atoms with Crippen LogP contribution in [0.1, 0.15) is 25.7 Å². The molecule has 0 heterocycles. The number of benzene rings is 1. The molecule has 2 N–H and O–H groups in total. The number of hydrogen-bond donors (Lipinski definition) is 1. The van der Waals surface area contributed by atoms with Crippen molar-refractivity contribution in [3.63, 3.8) is 0 Å². The van der Waals surface area contributed by atoms with E-state index in [2.05, 4.69) is 0 Å². The van der Waals surface area contributed by atoms with Crippen molar-refractivity contribution in [3.05, 3.63) is 24.3 Å². The van der Waals surface area contributed by atoms with Crippen molar-refractivity contribution in [2.75, 3.05) is 18.9 Å². The van der Waals surface area contributed by atoms with E-state index in [0.717, 1.165) is 12.3 Å². The highest BCUT2D eigenvalue weighted by Gasteiger charge is 2.17. The highest BCUT2D eigenvalue weighted by Crippen LogP contribution is 2.29. The lowest BCUT2D eigenvalue weighted by Crippen LogP contribution is -2.19. The Morgan fingerprint density at radius 2 is 2.11 bits per heavy atom. The van der Waals surface area contributed by atoms with Crippen LogP contribution >= 0.6 is 0 Å². The smallest absolute Gasteiger partial charge is 0.344 e. The summed E-state index contributed by atoms with van der Waals surface area (Å²) in [6.45, 7) is 0.413. The van der Waals surface area contributed by atoms with Gasteiger partial charge in [0.1, 0.15) is 5.75 Å². The van der Waals surface area contributed by atoms with Gasteiger partial charge in [0.15, 0.2) is 6.61 Å². The highest BCUT2D eigenvalue weighted by molar-refractivity contribution is 5.71. The molecular formula is C14H19NO3. The van der Waals surface area contributed by atoms with Crippen molar-refractivity contribution in [3.8, 4) is 5.75 Å². The van der Waals surface area contributed by atoms with Crippen molar-refractivity contribution >= 4 is 11.7 Å². The zero-order valence-electron chi connectivity index (χ0n) is 10.4. The first kappa shape index (κ1) is 12.7. The van der Waals surface area contributed by atoms with Crippen LogP contribution in [0.2, 0.25) is 0 Å². The molecule has 0 aliphatic heterocycles. The van der Waals surface area contributed by atoms with E-state index in [4.69, 9.17) is 15.2 Å². The first-order valence-electron chi connectivity index (χ1n) is 6.38. The summed E-state index contributed by atoms with van der Waals surface area (Å²) in [5.74, 6) is 0.939. The lowest BCUT2D eigenvalue weighted by Gasteiger charge is -2.24. The first-order valence-corrected chi connectivity index (χ1v) is 6.38. The van der Waals surface area contributed by atoms with Gasteiger partial charge in [0.25, 0.3) is 0 Å². The first-order chi connectivity index (χ1) is 8.75. The average molecular weight is 249 g/mol. The molecule has 4 nitrogen and oxygen atoms in total. The molecule has 0 unspecified atom stereocenters. The second kappa shape index (κ2) is 6.28. The van der Waals surface area contributed by atoms with Gasteiger partial charge in [-0.3, -0.25) is 0 Å². The van der Waals surface area contributed by atoms with E-state index in [-0.39, 0.29) is 12.6 Å². The molecule has 1 aromatic carbocycles. The third kappa shape index (κ3) is 3.65. The molecule has 0 spiro atoms. The van der Waals surface area contributed by atoms with E-state index in [1.54, 1.807) is 12.1 Å². The van der Waals surface area contributed by atoms with E-state index in [1.165, 1.54) is 19.3 Å². The van der Waals surface area contributed by atoms with Crippen LogP contribution in [-0.4, -0.2) is 19.2 Å². The number of nitrogens with two attached hydrogens (primary N) is 1. The maximum atomic E-state index is 11.4. The van der Waals surface area contributed by atoms with Gasteiger partial charge < -0.3 is 15.2 Å². The normalized spacial score (nSPS) is 14.9. The van der Waals surface area contributed by atoms with Gasteiger partial charge in [0.05, 0.1) is 12.3 Å². The molecular weight excluding hydrogens is 230 g/mol. The monoisotopic (exact) mass is 249 g/mol. The summed E-state index contributed by atoms with van der Waals surface area (Å²) >= 11 is 0. The van der Waals surface area contributed by atoms with E-state index in [9.17, 15) is 4.79 Å². The fraction of sp³-hybridized carbons (Fsp3) is 0.500. The molecule has 18 heavy (non-hydrogen) atoms. The third-order valence-corrected chi connectivity index (χ3v) is 3.28. The number of carbonyl (C=O) groups excluding carboxylic acids is 1. The summed E-state index contributed by atoms with van der Waals surface area (Å²) in [6.07, 6.45) is 4.83. The topological polar surface area (TPSA) is 61.5 Å². The summed E-state index contributed by atoms with van der Waals surface area (Å²) < 4.78 is 10.4. The van der Waals surface area contributed by atoms with E-state index < -0.39 is 0 Å². The molecule has 0 atom stereocenters. The molecule has 1 saturated carbocycles. The van der Waals surface area contributed by atoms with Crippen LogP contribution in [0.3, 0.4) is 0 Å². The second-order valence-electron chi connectivity index (χ2n) is 4.63. The van der Waals surface area contributed by atoms with Gasteiger partial charge in [-0.25, -0.2) is 4.79 Å². The quantitative estimate of drug-likeness (QED) is 0.621. The van der Waals surface area contributed by atoms with Crippen LogP contribution in [0, 0.1) is 5.92 Å². The second-order valence-corrected chi connectivity index (χ2v) is 4.63. The number of nitrogen functional groups attached to an aromatic ring is 1. The number of ether oxygens (including phenoxy) is 2. The molecule has 4 heteroatoms. The summed E-state index contributed by atoms with van der Waals surface area (Å²) in [5, 5.41) is 0. The molecule has 0 amide bonds. The predicted octanol–water partition coefficient (Wildman–Crippen LogP) is 2.38. The van der Waals surface area contributed by atoms with Crippen LogP contribution < -0.4 is 10.5 Å². The Bertz CT molecular complexity index is 402. The molecule has 1 aliphatic rings. The summed E-state index contributed by atoms with van der Waals surface area (Å²) in [4.78, 5) is 11.4. The Labute approximate surface area is 107 Å². The van der Waals surface area contributed by atoms with E-state index in [0.29, 0.717) is 18.0 Å². The van der Waals surface area contributed by atoms with Crippen molar-refractivity contribution in [1.29, 1.82) is 0 Å². The van der Waals surface area contributed by atoms with Crippen LogP contribution in [0.25, 0.3) is 0 Å². The number of esters is 1. The number of hydrogen-bond acceptors (Lipinski definition) is 4. The zero-order chi connectivity index (χ0) is 12.8. The molecule has 98 valence electrons. The maximum absolute atomic E-state index is 11.4. The van der Waals surface area contributed by atoms with Gasteiger partial charge in [-0.1, -0.05) is 31.4 Å². The minimum Gasteiger partial charge on any atom is -0.480 e. The minimum absolute atomic E-state index is 0.0844. The Morgan fingerprint density at radius 3 is 2.78 bits per heavy atom. The maximum Gasteiger partial charge on any atom is 0.344 e. The van der Waals surface area contributed by atoms with Crippen LogP contribution in [0.4, 0.5) is 5.69 Å². The highest BCUT2D eigenvalue weighted by atomic mass is 16.6. The minimum atomic E-state index is -0.336. The average Bonchev–Trinajstić information content (AvgIpc) is 2.31. The van der Waals surface area contributed by atoms with Gasteiger partial charge >= 0.3 is 5.97 Å². The molecule has 1 fully saturated rings. The summed E-state index contributed by atoms with van der Waals surface area (Å²) in [7, 11) is 0. The number of anilines is 1. The fourth-order valence-electron chi connectivity index (χ4n) is 1.91. The van der Waals surface area contributed by atoms with Gasteiger partial charge in [-0.05, 0) is 24.5 Å². The molecule has 1 aliphatic carbocycles. The van der Waals surface area contributed by atoms with Crippen molar-refractivity contribution in [2.45, 2.75) is 25.7 Å². The van der Waals surface area contributed by atoms with Crippen molar-refractivity contribution in [1.82, 2.24) is 0 Å². The van der Waals surface area contributed by atoms with Gasteiger partial charge in [-0.2, -0.15) is 0 Å². The predicted molar refractivity (Wildman–Crippen MR) is 69.3 cm³/mol. The van der Waals surface area contributed by atoms with Gasteiger partial charge in [0, 0.05) is 0 Å². The van der Waals surface area contributed by atoms with E-state index in [1.807, 2.05) is 12.1 Å². The lowest BCUT2D eigenvalue weighted by atomic mass is 9.83. The summed E-state index contributed by atoms with van der Waals surface area (Å²) in [5.41, 5.74) is 6.22. The Balaban J connectivity index is 1.63. The lowest BCUT2D eigenvalue weighted by molar-refractivity contribution is -0.146. The van der Waals surface area contributed by atoms with E-state index >= 15 is 0 Å². The van der Waals surface area contributed by atoms with Gasteiger partial charge in [-0.15, -0.1) is 0 Å². The number of para-hydroxylation sites is 2. The largest absolute Gasteiger partial charge is 0.480 e. The fourth-order valence-corrected chi connectivity index (χ4v) is 1.91. The SMILES string of the molecule is Nc1ccccc1OCC(=O)OCCC1CCC1. The Hall–Kier alpha value is -1.71. The molecule has 1 aromatic rings. The van der Waals surface area contributed by atoms with Crippen molar-refractivity contribution in [2.24, 2.45) is 5.92 Å². The number of rotatable bonds is 6. The Kier molecular flexibility index (Phi) is 4.45. The van der Waals surface area contributed by atoms with Crippen LogP contribution in [0.5, 0.6) is 5.75 Å². The molecule has 2 rings (SSSR count). The van der Waals surface area contributed by atoms with Crippen LogP contribution in [-0.2, 0) is 9.53 Å². The molecule has 0 radical (unpaired) electrons. The summed E-state index contributed by atoms with van der Waals surface area (Å²) in [6, 6.07) is 7.10. The molecule has 0 bridgehead atoms. The zero-order valence-corrected chi connectivity index (χ0v) is 10.4.